The second kappa shape index (κ2) is 8.95. The maximum atomic E-state index is 11.7. The number of amides is 1. The summed E-state index contributed by atoms with van der Waals surface area (Å²) in [6.07, 6.45) is 1.99. The van der Waals surface area contributed by atoms with Crippen LogP contribution in [0.3, 0.4) is 0 Å². The molecular formula is C17H19NO4S. The highest BCUT2D eigenvalue weighted by atomic mass is 32.1. The van der Waals surface area contributed by atoms with E-state index < -0.39 is 5.97 Å². The van der Waals surface area contributed by atoms with Crippen LogP contribution in [-0.4, -0.2) is 30.1 Å². The number of thiophene rings is 1. The Balaban J connectivity index is 1.65. The summed E-state index contributed by atoms with van der Waals surface area (Å²) in [6.45, 7) is 0.233. The minimum atomic E-state index is -1.00. The number of rotatable bonds is 9. The van der Waals surface area contributed by atoms with E-state index in [0.29, 0.717) is 18.7 Å². The van der Waals surface area contributed by atoms with E-state index in [1.165, 1.54) is 5.56 Å². The van der Waals surface area contributed by atoms with E-state index in [9.17, 15) is 9.59 Å². The number of carbonyl (C=O) groups is 2. The summed E-state index contributed by atoms with van der Waals surface area (Å²) in [4.78, 5) is 22.2. The molecule has 0 unspecified atom stereocenters. The number of carboxylic acids is 1. The summed E-state index contributed by atoms with van der Waals surface area (Å²) in [7, 11) is 0. The normalized spacial score (nSPS) is 10.3. The fourth-order valence-corrected chi connectivity index (χ4v) is 2.73. The molecule has 2 rings (SSSR count). The fourth-order valence-electron chi connectivity index (χ4n) is 2.02. The van der Waals surface area contributed by atoms with Crippen molar-refractivity contribution in [2.45, 2.75) is 19.3 Å². The molecule has 122 valence electrons. The molecule has 1 aromatic carbocycles. The Morgan fingerprint density at radius 1 is 1.09 bits per heavy atom. The molecule has 0 saturated heterocycles. The average Bonchev–Trinajstić information content (AvgIpc) is 3.05. The molecule has 0 bridgehead atoms. The molecule has 0 saturated carbocycles. The average molecular weight is 333 g/mol. The van der Waals surface area contributed by atoms with E-state index in [1.807, 2.05) is 23.6 Å². The first kappa shape index (κ1) is 17.0. The van der Waals surface area contributed by atoms with Crippen LogP contribution >= 0.6 is 11.3 Å². The van der Waals surface area contributed by atoms with E-state index >= 15 is 0 Å². The summed E-state index contributed by atoms with van der Waals surface area (Å²) < 4.78 is 5.06. The molecule has 2 N–H and O–H groups in total. The third-order valence-electron chi connectivity index (χ3n) is 3.24. The molecule has 0 atom stereocenters. The number of carboxylic acid groups (broad SMARTS) is 1. The minimum Gasteiger partial charge on any atom is -0.482 e. The lowest BCUT2D eigenvalue weighted by molar-refractivity contribution is -0.139. The van der Waals surface area contributed by atoms with Gasteiger partial charge in [0, 0.05) is 13.0 Å². The van der Waals surface area contributed by atoms with Crippen LogP contribution in [0.2, 0.25) is 0 Å². The van der Waals surface area contributed by atoms with Crippen LogP contribution in [0.1, 0.15) is 17.5 Å². The van der Waals surface area contributed by atoms with E-state index in [2.05, 4.69) is 10.7 Å². The van der Waals surface area contributed by atoms with Crippen molar-refractivity contribution in [3.05, 3.63) is 52.2 Å². The lowest BCUT2D eigenvalue weighted by atomic mass is 10.1. The van der Waals surface area contributed by atoms with Gasteiger partial charge in [-0.3, -0.25) is 4.79 Å². The molecule has 1 heterocycles. The van der Waals surface area contributed by atoms with E-state index in [4.69, 9.17) is 9.84 Å². The summed E-state index contributed by atoms with van der Waals surface area (Å²) in [6, 6.07) is 9.24. The van der Waals surface area contributed by atoms with Crippen LogP contribution in [0.25, 0.3) is 0 Å². The van der Waals surface area contributed by atoms with Gasteiger partial charge in [-0.25, -0.2) is 4.79 Å². The zero-order chi connectivity index (χ0) is 16.5. The molecule has 0 fully saturated rings. The number of hydrogen-bond donors (Lipinski definition) is 2. The predicted octanol–water partition coefficient (Wildman–Crippen LogP) is 2.50. The molecule has 0 aliphatic heterocycles. The number of benzene rings is 1. The van der Waals surface area contributed by atoms with E-state index in [1.54, 1.807) is 23.5 Å². The van der Waals surface area contributed by atoms with Gasteiger partial charge in [-0.2, -0.15) is 11.3 Å². The molecule has 0 radical (unpaired) electrons. The zero-order valence-electron chi connectivity index (χ0n) is 12.7. The van der Waals surface area contributed by atoms with E-state index in [-0.39, 0.29) is 12.5 Å². The third-order valence-corrected chi connectivity index (χ3v) is 3.97. The Hall–Kier alpha value is -2.34. The first-order valence-electron chi connectivity index (χ1n) is 7.35. The summed E-state index contributed by atoms with van der Waals surface area (Å²) >= 11 is 1.64. The number of nitrogens with one attached hydrogen (secondary N) is 1. The largest absolute Gasteiger partial charge is 0.482 e. The van der Waals surface area contributed by atoms with Crippen molar-refractivity contribution >= 4 is 23.2 Å². The van der Waals surface area contributed by atoms with Crippen LogP contribution in [0, 0.1) is 0 Å². The van der Waals surface area contributed by atoms with Crippen molar-refractivity contribution in [1.82, 2.24) is 5.32 Å². The van der Waals surface area contributed by atoms with Gasteiger partial charge in [-0.15, -0.1) is 0 Å². The van der Waals surface area contributed by atoms with Crippen molar-refractivity contribution in [1.29, 1.82) is 0 Å². The van der Waals surface area contributed by atoms with Crippen LogP contribution in [0.15, 0.2) is 41.1 Å². The Morgan fingerprint density at radius 2 is 1.87 bits per heavy atom. The van der Waals surface area contributed by atoms with Crippen molar-refractivity contribution in [2.75, 3.05) is 13.2 Å². The van der Waals surface area contributed by atoms with Crippen LogP contribution in [0.5, 0.6) is 5.75 Å². The maximum Gasteiger partial charge on any atom is 0.341 e. The highest BCUT2D eigenvalue weighted by Crippen LogP contribution is 2.12. The Morgan fingerprint density at radius 3 is 2.52 bits per heavy atom. The summed E-state index contributed by atoms with van der Waals surface area (Å²) in [5, 5.41) is 15.5. The second-order valence-electron chi connectivity index (χ2n) is 5.06. The number of ether oxygens (including phenoxy) is 1. The zero-order valence-corrected chi connectivity index (χ0v) is 13.5. The van der Waals surface area contributed by atoms with Crippen LogP contribution in [-0.2, 0) is 22.4 Å². The van der Waals surface area contributed by atoms with E-state index in [0.717, 1.165) is 18.4 Å². The number of hydrogen-bond acceptors (Lipinski definition) is 4. The SMILES string of the molecule is O=C(O)COc1ccc(CCNC(=O)CCc2ccsc2)cc1. The molecule has 5 nitrogen and oxygen atoms in total. The van der Waals surface area contributed by atoms with Gasteiger partial charge >= 0.3 is 5.97 Å². The lowest BCUT2D eigenvalue weighted by Gasteiger charge is -2.07. The van der Waals surface area contributed by atoms with Crippen molar-refractivity contribution in [2.24, 2.45) is 0 Å². The lowest BCUT2D eigenvalue weighted by Crippen LogP contribution is -2.25. The molecule has 2 aromatic rings. The fraction of sp³-hybridized carbons (Fsp3) is 0.294. The highest BCUT2D eigenvalue weighted by Gasteiger charge is 2.03. The van der Waals surface area contributed by atoms with Gasteiger partial charge in [0.1, 0.15) is 5.75 Å². The van der Waals surface area contributed by atoms with Gasteiger partial charge in [-0.05, 0) is 52.9 Å². The first-order chi connectivity index (χ1) is 11.1. The molecule has 6 heteroatoms. The Kier molecular flexibility index (Phi) is 6.62. The molecule has 23 heavy (non-hydrogen) atoms. The molecule has 1 aromatic heterocycles. The smallest absolute Gasteiger partial charge is 0.341 e. The van der Waals surface area contributed by atoms with Gasteiger partial charge in [-0.1, -0.05) is 12.1 Å². The molecule has 0 aliphatic rings. The topological polar surface area (TPSA) is 75.6 Å². The summed E-state index contributed by atoms with van der Waals surface area (Å²) in [5.41, 5.74) is 2.26. The Bertz CT molecular complexity index is 623. The predicted molar refractivity (Wildman–Crippen MR) is 88.9 cm³/mol. The van der Waals surface area contributed by atoms with Crippen molar-refractivity contribution < 1.29 is 19.4 Å². The van der Waals surface area contributed by atoms with Gasteiger partial charge in [0.25, 0.3) is 0 Å². The molecule has 0 aliphatic carbocycles. The number of aliphatic carboxylic acids is 1. The van der Waals surface area contributed by atoms with Crippen LogP contribution < -0.4 is 10.1 Å². The minimum absolute atomic E-state index is 0.0533. The van der Waals surface area contributed by atoms with Gasteiger partial charge in [0.2, 0.25) is 5.91 Å². The van der Waals surface area contributed by atoms with Gasteiger partial charge in [0.05, 0.1) is 0 Å². The van der Waals surface area contributed by atoms with Crippen LogP contribution in [0.4, 0.5) is 0 Å². The molecular weight excluding hydrogens is 314 g/mol. The molecule has 0 spiro atoms. The van der Waals surface area contributed by atoms with Gasteiger partial charge < -0.3 is 15.2 Å². The van der Waals surface area contributed by atoms with Gasteiger partial charge in [0.15, 0.2) is 6.61 Å². The molecule has 1 amide bonds. The standard InChI is InChI=1S/C17H19NO4S/c19-16(6-3-14-8-10-23-12-14)18-9-7-13-1-4-15(5-2-13)22-11-17(20)21/h1-2,4-5,8,10,12H,3,6-7,9,11H2,(H,18,19)(H,20,21). The Labute approximate surface area is 138 Å². The van der Waals surface area contributed by atoms with Crippen molar-refractivity contribution in [3.63, 3.8) is 0 Å². The van der Waals surface area contributed by atoms with Crippen molar-refractivity contribution in [3.8, 4) is 5.75 Å². The number of carbonyl (C=O) groups excluding carboxylic acids is 1. The second-order valence-corrected chi connectivity index (χ2v) is 5.84. The monoisotopic (exact) mass is 333 g/mol. The maximum absolute atomic E-state index is 11.7. The summed E-state index contributed by atoms with van der Waals surface area (Å²) in [5.74, 6) is -0.423. The highest BCUT2D eigenvalue weighted by molar-refractivity contribution is 7.07. The quantitative estimate of drug-likeness (QED) is 0.739. The first-order valence-corrected chi connectivity index (χ1v) is 8.29. The third kappa shape index (κ3) is 6.52. The number of aryl methyl sites for hydroxylation is 1.